The topological polar surface area (TPSA) is 72.7 Å². The smallest absolute Gasteiger partial charge is 0.239 e. The average molecular weight is 359 g/mol. The van der Waals surface area contributed by atoms with Crippen LogP contribution in [0.25, 0.3) is 5.69 Å². The van der Waals surface area contributed by atoms with Crippen LogP contribution in [0.15, 0.2) is 40.9 Å². The molecule has 0 saturated carbocycles. The third-order valence-corrected chi connectivity index (χ3v) is 5.23. The maximum absolute atomic E-state index is 12.4. The number of anilines is 1. The molecule has 0 unspecified atom stereocenters. The third kappa shape index (κ3) is 3.65. The Morgan fingerprint density at radius 2 is 2.00 bits per heavy atom. The Balaban J connectivity index is 1.75. The van der Waals surface area contributed by atoms with Gasteiger partial charge in [0, 0.05) is 11.1 Å². The lowest BCUT2D eigenvalue weighted by Crippen LogP contribution is -2.22. The van der Waals surface area contributed by atoms with E-state index in [9.17, 15) is 4.79 Å². The highest BCUT2D eigenvalue weighted by Gasteiger charge is 2.20. The van der Waals surface area contributed by atoms with Gasteiger partial charge in [-0.05, 0) is 32.9 Å². The molecule has 24 heavy (non-hydrogen) atoms. The lowest BCUT2D eigenvalue weighted by molar-refractivity contribution is -0.115. The number of nitrogens with zero attached hydrogens (tertiary/aromatic N) is 4. The second-order valence-corrected chi connectivity index (χ2v) is 7.41. The van der Waals surface area contributed by atoms with E-state index in [1.807, 2.05) is 61.1 Å². The summed E-state index contributed by atoms with van der Waals surface area (Å²) in [4.78, 5) is 16.6. The molecule has 1 aromatic carbocycles. The van der Waals surface area contributed by atoms with E-state index < -0.39 is 0 Å². The maximum atomic E-state index is 12.4. The number of hydrogen-bond acceptors (Lipinski definition) is 6. The molecule has 1 atom stereocenters. The molecule has 8 heteroatoms. The van der Waals surface area contributed by atoms with Crippen molar-refractivity contribution in [2.45, 2.75) is 31.2 Å². The molecule has 1 amide bonds. The largest absolute Gasteiger partial charge is 0.301 e. The van der Waals surface area contributed by atoms with Gasteiger partial charge in [-0.25, -0.2) is 4.98 Å². The molecule has 3 rings (SSSR count). The van der Waals surface area contributed by atoms with Gasteiger partial charge in [0.1, 0.15) is 5.82 Å². The van der Waals surface area contributed by atoms with Gasteiger partial charge in [0.15, 0.2) is 10.3 Å². The fourth-order valence-electron chi connectivity index (χ4n) is 2.12. The first-order valence-electron chi connectivity index (χ1n) is 7.41. The van der Waals surface area contributed by atoms with Crippen molar-refractivity contribution in [2.75, 3.05) is 5.32 Å². The number of aryl methyl sites for hydroxylation is 2. The van der Waals surface area contributed by atoms with Crippen molar-refractivity contribution in [3.8, 4) is 5.69 Å². The number of hydrogen-bond donors (Lipinski definition) is 1. The Kier molecular flexibility index (Phi) is 4.96. The minimum absolute atomic E-state index is 0.102. The van der Waals surface area contributed by atoms with E-state index in [2.05, 4.69) is 20.5 Å². The quantitative estimate of drug-likeness (QED) is 0.706. The van der Waals surface area contributed by atoms with Crippen LogP contribution in [0.3, 0.4) is 0 Å². The zero-order valence-corrected chi connectivity index (χ0v) is 15.2. The van der Waals surface area contributed by atoms with Crippen LogP contribution in [-0.4, -0.2) is 30.9 Å². The Labute approximate surface area is 148 Å². The van der Waals surface area contributed by atoms with E-state index >= 15 is 0 Å². The van der Waals surface area contributed by atoms with Crippen LogP contribution < -0.4 is 5.32 Å². The number of benzene rings is 1. The van der Waals surface area contributed by atoms with Crippen molar-refractivity contribution in [3.05, 3.63) is 47.2 Å². The molecule has 3 aromatic rings. The zero-order valence-electron chi connectivity index (χ0n) is 13.6. The number of carbonyl (C=O) groups is 1. The van der Waals surface area contributed by atoms with Crippen molar-refractivity contribution < 1.29 is 4.79 Å². The molecule has 2 aromatic heterocycles. The fraction of sp³-hybridized carbons (Fsp3) is 0.250. The Hall–Kier alpha value is -2.19. The summed E-state index contributed by atoms with van der Waals surface area (Å²) in [5, 5.41) is 14.1. The summed E-state index contributed by atoms with van der Waals surface area (Å²) in [6, 6.07) is 9.86. The second-order valence-electron chi connectivity index (χ2n) is 5.24. The predicted octanol–water partition coefficient (Wildman–Crippen LogP) is 3.46. The first-order valence-corrected chi connectivity index (χ1v) is 9.17. The van der Waals surface area contributed by atoms with Gasteiger partial charge in [-0.1, -0.05) is 30.0 Å². The highest BCUT2D eigenvalue weighted by Crippen LogP contribution is 2.26. The van der Waals surface area contributed by atoms with E-state index in [-0.39, 0.29) is 11.2 Å². The van der Waals surface area contributed by atoms with Crippen LogP contribution in [0.4, 0.5) is 5.13 Å². The number of nitrogens with one attached hydrogen (secondary N) is 1. The van der Waals surface area contributed by atoms with Crippen LogP contribution in [0.5, 0.6) is 0 Å². The third-order valence-electron chi connectivity index (χ3n) is 3.31. The first-order chi connectivity index (χ1) is 11.5. The fourth-order valence-corrected chi connectivity index (χ4v) is 3.73. The lowest BCUT2D eigenvalue weighted by atomic mass is 10.3. The first kappa shape index (κ1) is 16.7. The summed E-state index contributed by atoms with van der Waals surface area (Å²) in [5.41, 5.74) is 1.88. The zero-order chi connectivity index (χ0) is 17.1. The molecule has 6 nitrogen and oxygen atoms in total. The van der Waals surface area contributed by atoms with Crippen molar-refractivity contribution in [3.63, 3.8) is 0 Å². The molecule has 0 saturated heterocycles. The number of thiazole rings is 1. The number of amides is 1. The highest BCUT2D eigenvalue weighted by molar-refractivity contribution is 8.00. The summed E-state index contributed by atoms with van der Waals surface area (Å²) < 4.78 is 1.95. The molecule has 0 fully saturated rings. The predicted molar refractivity (Wildman–Crippen MR) is 96.9 cm³/mol. The summed E-state index contributed by atoms with van der Waals surface area (Å²) in [7, 11) is 0. The summed E-state index contributed by atoms with van der Waals surface area (Å²) >= 11 is 2.79. The molecule has 124 valence electrons. The van der Waals surface area contributed by atoms with Crippen molar-refractivity contribution >= 4 is 34.1 Å². The van der Waals surface area contributed by atoms with Crippen LogP contribution in [0.2, 0.25) is 0 Å². The van der Waals surface area contributed by atoms with E-state index in [0.29, 0.717) is 10.3 Å². The van der Waals surface area contributed by atoms with Crippen molar-refractivity contribution in [1.29, 1.82) is 0 Å². The molecule has 0 aliphatic carbocycles. The Bertz CT molecular complexity index is 843. The van der Waals surface area contributed by atoms with Crippen molar-refractivity contribution in [2.24, 2.45) is 0 Å². The number of para-hydroxylation sites is 1. The van der Waals surface area contributed by atoms with Crippen LogP contribution in [-0.2, 0) is 4.79 Å². The van der Waals surface area contributed by atoms with Gasteiger partial charge < -0.3 is 5.32 Å². The standard InChI is InChI=1S/C16H17N5OS2/c1-10-9-23-15(17-10)18-14(22)11(2)24-16-20-19-12(3)21(16)13-7-5-4-6-8-13/h4-9,11H,1-3H3,(H,17,18,22)/t11-/m1/s1. The Morgan fingerprint density at radius 3 is 2.67 bits per heavy atom. The SMILES string of the molecule is Cc1csc(NC(=O)[C@@H](C)Sc2nnc(C)n2-c2ccccc2)n1. The molecule has 0 spiro atoms. The highest BCUT2D eigenvalue weighted by atomic mass is 32.2. The minimum atomic E-state index is -0.319. The summed E-state index contributed by atoms with van der Waals surface area (Å²) in [5.74, 6) is 0.682. The maximum Gasteiger partial charge on any atom is 0.239 e. The van der Waals surface area contributed by atoms with E-state index in [0.717, 1.165) is 17.2 Å². The van der Waals surface area contributed by atoms with Crippen LogP contribution in [0, 0.1) is 13.8 Å². The van der Waals surface area contributed by atoms with E-state index in [1.165, 1.54) is 23.1 Å². The number of carbonyl (C=O) groups excluding carboxylic acids is 1. The molecule has 2 heterocycles. The van der Waals surface area contributed by atoms with Gasteiger partial charge >= 0.3 is 0 Å². The molecule has 0 aliphatic rings. The Morgan fingerprint density at radius 1 is 1.25 bits per heavy atom. The monoisotopic (exact) mass is 359 g/mol. The van der Waals surface area contributed by atoms with Gasteiger partial charge in [0.25, 0.3) is 0 Å². The minimum Gasteiger partial charge on any atom is -0.301 e. The molecule has 0 bridgehead atoms. The van der Waals surface area contributed by atoms with Gasteiger partial charge in [0.2, 0.25) is 5.91 Å². The molecule has 0 aliphatic heterocycles. The lowest BCUT2D eigenvalue weighted by Gasteiger charge is -2.12. The van der Waals surface area contributed by atoms with E-state index in [4.69, 9.17) is 0 Å². The molecule has 1 N–H and O–H groups in total. The van der Waals surface area contributed by atoms with Crippen molar-refractivity contribution in [1.82, 2.24) is 19.7 Å². The summed E-state index contributed by atoms with van der Waals surface area (Å²) in [6.45, 7) is 5.64. The van der Waals surface area contributed by atoms with Gasteiger partial charge in [-0.3, -0.25) is 9.36 Å². The van der Waals surface area contributed by atoms with Gasteiger partial charge in [-0.2, -0.15) is 0 Å². The van der Waals surface area contributed by atoms with Crippen LogP contribution in [0.1, 0.15) is 18.4 Å². The number of rotatable bonds is 5. The second kappa shape index (κ2) is 7.14. The normalized spacial score (nSPS) is 12.1. The van der Waals surface area contributed by atoms with Gasteiger partial charge in [-0.15, -0.1) is 21.5 Å². The van der Waals surface area contributed by atoms with E-state index in [1.54, 1.807) is 0 Å². The molecular formula is C16H17N5OS2. The molecule has 0 radical (unpaired) electrons. The van der Waals surface area contributed by atoms with Crippen LogP contribution >= 0.6 is 23.1 Å². The number of aromatic nitrogens is 4. The molecular weight excluding hydrogens is 342 g/mol. The number of thioether (sulfide) groups is 1. The average Bonchev–Trinajstić information content (AvgIpc) is 3.14. The summed E-state index contributed by atoms with van der Waals surface area (Å²) in [6.07, 6.45) is 0. The van der Waals surface area contributed by atoms with Gasteiger partial charge in [0.05, 0.1) is 10.9 Å².